The summed E-state index contributed by atoms with van der Waals surface area (Å²) in [5.74, 6) is 0.403. The molecule has 1 heterocycles. The fourth-order valence-corrected chi connectivity index (χ4v) is 1.17. The molecule has 0 aromatic carbocycles. The van der Waals surface area contributed by atoms with E-state index in [-0.39, 0.29) is 5.69 Å². The highest BCUT2D eigenvalue weighted by Gasteiger charge is 2.16. The molecule has 5 nitrogen and oxygen atoms in total. The van der Waals surface area contributed by atoms with Crippen LogP contribution in [0.5, 0.6) is 5.88 Å². The summed E-state index contributed by atoms with van der Waals surface area (Å²) in [6.07, 6.45) is 0. The van der Waals surface area contributed by atoms with Gasteiger partial charge in [0.05, 0.1) is 12.0 Å². The summed E-state index contributed by atoms with van der Waals surface area (Å²) < 4.78 is 4.88. The monoisotopic (exact) mass is 182 g/mol. The molecule has 13 heavy (non-hydrogen) atoms. The van der Waals surface area contributed by atoms with Crippen LogP contribution in [-0.2, 0) is 0 Å². The molecule has 1 aromatic heterocycles. The highest BCUT2D eigenvalue weighted by molar-refractivity contribution is 5.45. The zero-order chi connectivity index (χ0) is 10.0. The molecule has 70 valence electrons. The van der Waals surface area contributed by atoms with Gasteiger partial charge in [0.15, 0.2) is 0 Å². The molecule has 0 unspecified atom stereocenters. The minimum Gasteiger partial charge on any atom is -0.481 e. The van der Waals surface area contributed by atoms with Crippen molar-refractivity contribution in [2.45, 2.75) is 13.8 Å². The quantitative estimate of drug-likeness (QED) is 0.514. The lowest BCUT2D eigenvalue weighted by molar-refractivity contribution is -0.386. The second-order valence-electron chi connectivity index (χ2n) is 2.67. The Hall–Kier alpha value is -1.65. The first kappa shape index (κ1) is 9.44. The molecule has 0 fully saturated rings. The normalized spacial score (nSPS) is 9.77. The summed E-state index contributed by atoms with van der Waals surface area (Å²) >= 11 is 0. The predicted octanol–water partition coefficient (Wildman–Crippen LogP) is 1.62. The van der Waals surface area contributed by atoms with E-state index in [9.17, 15) is 10.1 Å². The summed E-state index contributed by atoms with van der Waals surface area (Å²) in [4.78, 5) is 14.0. The number of ether oxygens (including phenoxy) is 1. The van der Waals surface area contributed by atoms with Crippen molar-refractivity contribution in [2.24, 2.45) is 0 Å². The van der Waals surface area contributed by atoms with Gasteiger partial charge >= 0.3 is 0 Å². The van der Waals surface area contributed by atoms with Gasteiger partial charge < -0.3 is 4.74 Å². The zero-order valence-electron chi connectivity index (χ0n) is 7.70. The second kappa shape index (κ2) is 3.38. The van der Waals surface area contributed by atoms with E-state index in [2.05, 4.69) is 4.98 Å². The van der Waals surface area contributed by atoms with Gasteiger partial charge in [-0.2, -0.15) is 0 Å². The van der Waals surface area contributed by atoms with Crippen LogP contribution in [0.2, 0.25) is 0 Å². The standard InChI is InChI=1S/C8H10N2O3/c1-5-4-7(13-3)9-6(2)8(5)10(11)12/h4H,1-3H3. The SMILES string of the molecule is COc1cc(C)c([N+](=O)[O-])c(C)n1. The third-order valence-electron chi connectivity index (χ3n) is 1.73. The summed E-state index contributed by atoms with van der Waals surface area (Å²) in [5, 5.41) is 10.6. The van der Waals surface area contributed by atoms with Gasteiger partial charge in [0.1, 0.15) is 5.69 Å². The van der Waals surface area contributed by atoms with Crippen LogP contribution in [0.15, 0.2) is 6.07 Å². The molecule has 1 rings (SSSR count). The van der Waals surface area contributed by atoms with Crippen LogP contribution in [0, 0.1) is 24.0 Å². The van der Waals surface area contributed by atoms with E-state index in [0.29, 0.717) is 17.1 Å². The van der Waals surface area contributed by atoms with Crippen LogP contribution in [0.25, 0.3) is 0 Å². The predicted molar refractivity (Wildman–Crippen MR) is 46.9 cm³/mol. The smallest absolute Gasteiger partial charge is 0.293 e. The van der Waals surface area contributed by atoms with Gasteiger partial charge in [0, 0.05) is 11.6 Å². The van der Waals surface area contributed by atoms with Gasteiger partial charge in [-0.15, -0.1) is 0 Å². The molecule has 0 aliphatic rings. The van der Waals surface area contributed by atoms with Crippen LogP contribution in [0.4, 0.5) is 5.69 Å². The maximum atomic E-state index is 10.6. The molecular weight excluding hydrogens is 172 g/mol. The Balaban J connectivity index is 3.31. The number of rotatable bonds is 2. The summed E-state index contributed by atoms with van der Waals surface area (Å²) in [6.45, 7) is 3.25. The lowest BCUT2D eigenvalue weighted by Crippen LogP contribution is -1.99. The first-order chi connectivity index (χ1) is 6.06. The van der Waals surface area contributed by atoms with Crippen LogP contribution < -0.4 is 4.74 Å². The van der Waals surface area contributed by atoms with Crippen LogP contribution in [0.3, 0.4) is 0 Å². The van der Waals surface area contributed by atoms with Gasteiger partial charge in [-0.3, -0.25) is 10.1 Å². The van der Waals surface area contributed by atoms with E-state index in [4.69, 9.17) is 4.74 Å². The molecule has 1 aromatic rings. The van der Waals surface area contributed by atoms with Crippen molar-refractivity contribution in [2.75, 3.05) is 7.11 Å². The number of aryl methyl sites for hydroxylation is 2. The van der Waals surface area contributed by atoms with Gasteiger partial charge in [-0.25, -0.2) is 4.98 Å². The highest BCUT2D eigenvalue weighted by Crippen LogP contribution is 2.24. The number of nitro groups is 1. The van der Waals surface area contributed by atoms with Crippen molar-refractivity contribution in [1.29, 1.82) is 0 Å². The Labute approximate surface area is 75.5 Å². The molecule has 0 radical (unpaired) electrons. The van der Waals surface area contributed by atoms with E-state index < -0.39 is 4.92 Å². The van der Waals surface area contributed by atoms with Crippen molar-refractivity contribution in [3.63, 3.8) is 0 Å². The van der Waals surface area contributed by atoms with E-state index in [0.717, 1.165) is 0 Å². The fraction of sp³-hybridized carbons (Fsp3) is 0.375. The zero-order valence-corrected chi connectivity index (χ0v) is 7.70. The van der Waals surface area contributed by atoms with Gasteiger partial charge in [0.2, 0.25) is 5.88 Å². The molecular formula is C8H10N2O3. The topological polar surface area (TPSA) is 65.3 Å². The molecule has 0 aliphatic heterocycles. The molecule has 0 aliphatic carbocycles. The van der Waals surface area contributed by atoms with Crippen molar-refractivity contribution < 1.29 is 9.66 Å². The van der Waals surface area contributed by atoms with Gasteiger partial charge in [-0.1, -0.05) is 0 Å². The number of aromatic nitrogens is 1. The first-order valence-corrected chi connectivity index (χ1v) is 3.73. The third kappa shape index (κ3) is 1.74. The van der Waals surface area contributed by atoms with Gasteiger partial charge in [0.25, 0.3) is 5.69 Å². The molecule has 0 atom stereocenters. The number of nitrogens with zero attached hydrogens (tertiary/aromatic N) is 2. The van der Waals surface area contributed by atoms with Gasteiger partial charge in [-0.05, 0) is 13.8 Å². The molecule has 0 saturated heterocycles. The fourth-order valence-electron chi connectivity index (χ4n) is 1.17. The second-order valence-corrected chi connectivity index (χ2v) is 2.67. The minimum absolute atomic E-state index is 0.0563. The largest absolute Gasteiger partial charge is 0.481 e. The first-order valence-electron chi connectivity index (χ1n) is 3.73. The maximum absolute atomic E-state index is 10.6. The Morgan fingerprint density at radius 3 is 2.54 bits per heavy atom. The summed E-state index contributed by atoms with van der Waals surface area (Å²) in [5.41, 5.74) is 0.997. The molecule has 0 N–H and O–H groups in total. The molecule has 0 spiro atoms. The van der Waals surface area contributed by atoms with Crippen LogP contribution in [-0.4, -0.2) is 17.0 Å². The van der Waals surface area contributed by atoms with Crippen LogP contribution >= 0.6 is 0 Å². The molecule has 5 heteroatoms. The Morgan fingerprint density at radius 2 is 2.15 bits per heavy atom. The Bertz CT molecular complexity index is 326. The van der Waals surface area contributed by atoms with Crippen molar-refractivity contribution in [3.8, 4) is 5.88 Å². The van der Waals surface area contributed by atoms with E-state index >= 15 is 0 Å². The lowest BCUT2D eigenvalue weighted by Gasteiger charge is -2.03. The molecule has 0 bridgehead atoms. The molecule has 0 amide bonds. The van der Waals surface area contributed by atoms with Crippen molar-refractivity contribution in [1.82, 2.24) is 4.98 Å². The summed E-state index contributed by atoms with van der Waals surface area (Å²) in [7, 11) is 1.48. The van der Waals surface area contributed by atoms with E-state index in [1.165, 1.54) is 7.11 Å². The van der Waals surface area contributed by atoms with Crippen LogP contribution in [0.1, 0.15) is 11.3 Å². The van der Waals surface area contributed by atoms with Crippen molar-refractivity contribution in [3.05, 3.63) is 27.4 Å². The third-order valence-corrected chi connectivity index (χ3v) is 1.73. The summed E-state index contributed by atoms with van der Waals surface area (Å²) in [6, 6.07) is 1.55. The average molecular weight is 182 g/mol. The lowest BCUT2D eigenvalue weighted by atomic mass is 10.2. The van der Waals surface area contributed by atoms with E-state index in [1.807, 2.05) is 0 Å². The number of hydrogen-bond acceptors (Lipinski definition) is 4. The Morgan fingerprint density at radius 1 is 1.54 bits per heavy atom. The van der Waals surface area contributed by atoms with E-state index in [1.54, 1.807) is 19.9 Å². The number of methoxy groups -OCH3 is 1. The minimum atomic E-state index is -0.433. The van der Waals surface area contributed by atoms with Crippen molar-refractivity contribution >= 4 is 5.69 Å². The molecule has 0 saturated carbocycles. The number of hydrogen-bond donors (Lipinski definition) is 0. The maximum Gasteiger partial charge on any atom is 0.293 e. The number of pyridine rings is 1. The average Bonchev–Trinajstić information content (AvgIpc) is 2.02. The Kier molecular flexibility index (Phi) is 2.46. The highest BCUT2D eigenvalue weighted by atomic mass is 16.6.